The Morgan fingerprint density at radius 1 is 1.50 bits per heavy atom. The van der Waals surface area contributed by atoms with E-state index >= 15 is 0 Å². The number of sulfonamides is 1. The first kappa shape index (κ1) is 16.0. The fourth-order valence-electron chi connectivity index (χ4n) is 1.57. The van der Waals surface area contributed by atoms with Crippen molar-refractivity contribution in [1.29, 1.82) is 0 Å². The number of ether oxygens (including phenoxy) is 1. The molecule has 0 atom stereocenters. The van der Waals surface area contributed by atoms with Crippen LogP contribution in [0.2, 0.25) is 0 Å². The number of benzene rings is 1. The van der Waals surface area contributed by atoms with Crippen LogP contribution in [0.15, 0.2) is 23.1 Å². The number of carbonyl (C=O) groups excluding carboxylic acids is 1. The van der Waals surface area contributed by atoms with Crippen LogP contribution in [-0.4, -0.2) is 44.0 Å². The summed E-state index contributed by atoms with van der Waals surface area (Å²) in [5.74, 6) is 1.09. The summed E-state index contributed by atoms with van der Waals surface area (Å²) in [5, 5.41) is 9.56. The molecule has 0 heterocycles. The summed E-state index contributed by atoms with van der Waals surface area (Å²) >= 11 is 0. The molecule has 0 amide bonds. The molecular formula is C13H15NO5S. The maximum atomic E-state index is 12.3. The first-order chi connectivity index (χ1) is 9.38. The average Bonchev–Trinajstić information content (AvgIpc) is 2.43. The zero-order valence-corrected chi connectivity index (χ0v) is 12.0. The molecule has 0 radical (unpaired) electrons. The number of methoxy groups -OCH3 is 1. The van der Waals surface area contributed by atoms with Gasteiger partial charge in [-0.1, -0.05) is 12.8 Å². The number of rotatable bonds is 5. The van der Waals surface area contributed by atoms with Gasteiger partial charge in [0, 0.05) is 6.54 Å². The van der Waals surface area contributed by atoms with Crippen LogP contribution in [0, 0.1) is 12.3 Å². The first-order valence-corrected chi connectivity index (χ1v) is 7.17. The van der Waals surface area contributed by atoms with Crippen molar-refractivity contribution in [2.75, 3.05) is 20.2 Å². The monoisotopic (exact) mass is 297 g/mol. The summed E-state index contributed by atoms with van der Waals surface area (Å²) in [6.45, 7) is 1.77. The van der Waals surface area contributed by atoms with Crippen molar-refractivity contribution < 1.29 is 23.1 Å². The number of aromatic hydroxyl groups is 1. The Hall–Kier alpha value is -2.04. The van der Waals surface area contributed by atoms with Gasteiger partial charge < -0.3 is 9.84 Å². The number of esters is 1. The molecule has 7 heteroatoms. The minimum atomic E-state index is -3.82. The highest BCUT2D eigenvalue weighted by Gasteiger charge is 2.24. The number of hydrogen-bond acceptors (Lipinski definition) is 5. The minimum Gasteiger partial charge on any atom is -0.507 e. The van der Waals surface area contributed by atoms with Crippen LogP contribution >= 0.6 is 0 Å². The molecular weight excluding hydrogens is 282 g/mol. The van der Waals surface area contributed by atoms with Crippen LogP contribution in [0.5, 0.6) is 5.75 Å². The Morgan fingerprint density at radius 2 is 2.15 bits per heavy atom. The maximum Gasteiger partial charge on any atom is 0.341 e. The number of phenolic OH excluding ortho intramolecular Hbond substituents is 1. The Morgan fingerprint density at radius 3 is 2.65 bits per heavy atom. The van der Waals surface area contributed by atoms with Gasteiger partial charge in [-0.2, -0.15) is 4.31 Å². The maximum absolute atomic E-state index is 12.3. The highest BCUT2D eigenvalue weighted by atomic mass is 32.2. The van der Waals surface area contributed by atoms with Gasteiger partial charge in [0.25, 0.3) is 0 Å². The molecule has 0 saturated heterocycles. The molecule has 108 valence electrons. The SMILES string of the molecule is C#CCN(CC)S(=O)(=O)c1ccc(O)c(C(=O)OC)c1. The second kappa shape index (κ2) is 6.41. The van der Waals surface area contributed by atoms with Gasteiger partial charge in [-0.15, -0.1) is 6.42 Å². The topological polar surface area (TPSA) is 83.9 Å². The Bertz CT molecular complexity index is 645. The summed E-state index contributed by atoms with van der Waals surface area (Å²) in [5.41, 5.74) is -0.217. The lowest BCUT2D eigenvalue weighted by molar-refractivity contribution is 0.0597. The summed E-state index contributed by atoms with van der Waals surface area (Å²) in [7, 11) is -2.68. The van der Waals surface area contributed by atoms with Crippen molar-refractivity contribution in [3.63, 3.8) is 0 Å². The third-order valence-corrected chi connectivity index (χ3v) is 4.55. The largest absolute Gasteiger partial charge is 0.507 e. The molecule has 1 rings (SSSR count). The molecule has 1 aromatic carbocycles. The zero-order valence-electron chi connectivity index (χ0n) is 11.2. The van der Waals surface area contributed by atoms with Gasteiger partial charge in [-0.25, -0.2) is 13.2 Å². The van der Waals surface area contributed by atoms with Gasteiger partial charge >= 0.3 is 5.97 Å². The van der Waals surface area contributed by atoms with E-state index in [-0.39, 0.29) is 29.3 Å². The van der Waals surface area contributed by atoms with Crippen molar-refractivity contribution in [3.8, 4) is 18.1 Å². The normalized spacial score (nSPS) is 11.1. The van der Waals surface area contributed by atoms with Gasteiger partial charge in [-0.05, 0) is 18.2 Å². The fraction of sp³-hybridized carbons (Fsp3) is 0.308. The van der Waals surface area contributed by atoms with E-state index in [2.05, 4.69) is 10.7 Å². The summed E-state index contributed by atoms with van der Waals surface area (Å²) < 4.78 is 30.2. The first-order valence-electron chi connectivity index (χ1n) is 5.73. The van der Waals surface area contributed by atoms with Gasteiger partial charge in [0.05, 0.1) is 18.6 Å². The van der Waals surface area contributed by atoms with Crippen LogP contribution in [-0.2, 0) is 14.8 Å². The number of carbonyl (C=O) groups is 1. The van der Waals surface area contributed by atoms with E-state index < -0.39 is 16.0 Å². The molecule has 20 heavy (non-hydrogen) atoms. The number of terminal acetylenes is 1. The fourth-order valence-corrected chi connectivity index (χ4v) is 2.96. The lowest BCUT2D eigenvalue weighted by atomic mass is 10.2. The summed E-state index contributed by atoms with van der Waals surface area (Å²) in [6.07, 6.45) is 5.13. The predicted molar refractivity (Wildman–Crippen MR) is 72.7 cm³/mol. The Balaban J connectivity index is 3.33. The van der Waals surface area contributed by atoms with E-state index in [1.165, 1.54) is 6.07 Å². The third kappa shape index (κ3) is 3.10. The predicted octanol–water partition coefficient (Wildman–Crippen LogP) is 0.823. The molecule has 0 spiro atoms. The molecule has 0 aliphatic rings. The molecule has 1 aromatic rings. The van der Waals surface area contributed by atoms with E-state index in [4.69, 9.17) is 6.42 Å². The van der Waals surface area contributed by atoms with Crippen LogP contribution in [0.25, 0.3) is 0 Å². The van der Waals surface area contributed by atoms with E-state index in [9.17, 15) is 18.3 Å². The lowest BCUT2D eigenvalue weighted by Crippen LogP contribution is -2.31. The smallest absolute Gasteiger partial charge is 0.341 e. The second-order valence-electron chi connectivity index (χ2n) is 3.81. The van der Waals surface area contributed by atoms with Crippen molar-refractivity contribution in [2.45, 2.75) is 11.8 Å². The van der Waals surface area contributed by atoms with Gasteiger partial charge in [-0.3, -0.25) is 0 Å². The van der Waals surface area contributed by atoms with Gasteiger partial charge in [0.1, 0.15) is 11.3 Å². The molecule has 0 bridgehead atoms. The molecule has 0 saturated carbocycles. The van der Waals surface area contributed by atoms with Gasteiger partial charge in [0.15, 0.2) is 0 Å². The Kier molecular flexibility index (Phi) is 5.13. The highest BCUT2D eigenvalue weighted by Crippen LogP contribution is 2.24. The molecule has 6 nitrogen and oxygen atoms in total. The number of nitrogens with zero attached hydrogens (tertiary/aromatic N) is 1. The van der Waals surface area contributed by atoms with Crippen molar-refractivity contribution >= 4 is 16.0 Å². The van der Waals surface area contributed by atoms with E-state index in [0.29, 0.717) is 0 Å². The second-order valence-corrected chi connectivity index (χ2v) is 5.74. The standard InChI is InChI=1S/C13H15NO5S/c1-4-8-14(5-2)20(17,18)10-6-7-12(15)11(9-10)13(16)19-3/h1,6-7,9,15H,5,8H2,2-3H3. The Labute approximate surface area is 118 Å². The lowest BCUT2D eigenvalue weighted by Gasteiger charge is -2.18. The molecule has 1 N–H and O–H groups in total. The van der Waals surface area contributed by atoms with Crippen molar-refractivity contribution in [3.05, 3.63) is 23.8 Å². The number of phenols is 1. The van der Waals surface area contributed by atoms with E-state index in [1.807, 2.05) is 0 Å². The zero-order chi connectivity index (χ0) is 15.3. The van der Waals surface area contributed by atoms with Crippen molar-refractivity contribution in [2.24, 2.45) is 0 Å². The molecule has 0 aliphatic carbocycles. The van der Waals surface area contributed by atoms with Crippen molar-refractivity contribution in [1.82, 2.24) is 4.31 Å². The van der Waals surface area contributed by atoms with E-state index in [1.54, 1.807) is 6.92 Å². The molecule has 0 unspecified atom stereocenters. The molecule has 0 fully saturated rings. The quantitative estimate of drug-likeness (QED) is 0.642. The van der Waals surface area contributed by atoms with Gasteiger partial charge in [0.2, 0.25) is 10.0 Å². The molecule has 0 aliphatic heterocycles. The van der Waals surface area contributed by atoms with Crippen LogP contribution < -0.4 is 0 Å². The summed E-state index contributed by atoms with van der Waals surface area (Å²) in [4.78, 5) is 11.3. The summed E-state index contributed by atoms with van der Waals surface area (Å²) in [6, 6.07) is 3.40. The minimum absolute atomic E-state index is 0.0761. The highest BCUT2D eigenvalue weighted by molar-refractivity contribution is 7.89. The van der Waals surface area contributed by atoms with E-state index in [0.717, 1.165) is 23.5 Å². The van der Waals surface area contributed by atoms with Crippen LogP contribution in [0.3, 0.4) is 0 Å². The third-order valence-electron chi connectivity index (χ3n) is 2.63. The molecule has 0 aromatic heterocycles. The van der Waals surface area contributed by atoms with Crippen LogP contribution in [0.4, 0.5) is 0 Å². The number of hydrogen-bond donors (Lipinski definition) is 1. The van der Waals surface area contributed by atoms with Crippen LogP contribution in [0.1, 0.15) is 17.3 Å². The average molecular weight is 297 g/mol.